The molecule has 7 nitrogen and oxygen atoms in total. The van der Waals surface area contributed by atoms with Crippen LogP contribution in [0.25, 0.3) is 0 Å². The van der Waals surface area contributed by atoms with E-state index in [1.54, 1.807) is 12.1 Å². The number of phenols is 1. The molecule has 0 radical (unpaired) electrons. The first-order chi connectivity index (χ1) is 16.7. The van der Waals surface area contributed by atoms with Crippen LogP contribution in [-0.2, 0) is 16.7 Å². The molecular weight excluding hydrogens is 471 g/mol. The molecule has 1 saturated carbocycles. The number of hydrogen-bond acceptors (Lipinski definition) is 4. The van der Waals surface area contributed by atoms with Gasteiger partial charge in [-0.2, -0.15) is 8.42 Å². The Labute approximate surface area is 204 Å². The zero-order chi connectivity index (χ0) is 25.0. The summed E-state index contributed by atoms with van der Waals surface area (Å²) in [4.78, 5) is 12.8. The van der Waals surface area contributed by atoms with Gasteiger partial charge in [0.25, 0.3) is 5.91 Å². The van der Waals surface area contributed by atoms with Crippen LogP contribution in [0.2, 0.25) is 0 Å². The lowest BCUT2D eigenvalue weighted by atomic mass is 9.85. The monoisotopic (exact) mass is 498 g/mol. The number of amides is 1. The van der Waals surface area contributed by atoms with Crippen LogP contribution in [0, 0.1) is 11.7 Å². The Morgan fingerprint density at radius 2 is 1.63 bits per heavy atom. The summed E-state index contributed by atoms with van der Waals surface area (Å²) < 4.78 is 47.7. The van der Waals surface area contributed by atoms with Crippen molar-refractivity contribution in [1.29, 1.82) is 0 Å². The number of aromatic hydroxyl groups is 1. The molecule has 4 rings (SSSR count). The van der Waals surface area contributed by atoms with Crippen molar-refractivity contribution in [2.75, 3.05) is 9.62 Å². The summed E-state index contributed by atoms with van der Waals surface area (Å²) >= 11 is 0. The lowest BCUT2D eigenvalue weighted by Gasteiger charge is -2.22. The van der Waals surface area contributed by atoms with Gasteiger partial charge < -0.3 is 10.4 Å². The SMILES string of the molecule is O=C(Nc1ccc(O)c(N(c2ccc(F)cc2)S(=O)(=O)O)c1)c1ccc(CC2CCCCC2)cc1. The third-order valence-electron chi connectivity index (χ3n) is 6.21. The van der Waals surface area contributed by atoms with Crippen molar-refractivity contribution in [3.05, 3.63) is 83.7 Å². The van der Waals surface area contributed by atoms with E-state index >= 15 is 0 Å². The number of carbonyl (C=O) groups is 1. The van der Waals surface area contributed by atoms with E-state index in [-0.39, 0.29) is 17.1 Å². The maximum Gasteiger partial charge on any atom is 0.364 e. The Morgan fingerprint density at radius 3 is 2.26 bits per heavy atom. The molecule has 9 heteroatoms. The molecule has 0 saturated heterocycles. The van der Waals surface area contributed by atoms with Gasteiger partial charge in [0.1, 0.15) is 17.3 Å². The second-order valence-electron chi connectivity index (χ2n) is 8.78. The second kappa shape index (κ2) is 10.5. The van der Waals surface area contributed by atoms with Crippen LogP contribution in [0.3, 0.4) is 0 Å². The van der Waals surface area contributed by atoms with E-state index in [2.05, 4.69) is 5.32 Å². The number of rotatable bonds is 7. The van der Waals surface area contributed by atoms with Crippen molar-refractivity contribution in [2.45, 2.75) is 38.5 Å². The third kappa shape index (κ3) is 6.17. The Hall–Kier alpha value is -3.43. The molecule has 3 N–H and O–H groups in total. The van der Waals surface area contributed by atoms with E-state index < -0.39 is 27.8 Å². The van der Waals surface area contributed by atoms with E-state index in [0.717, 1.165) is 30.7 Å². The molecule has 0 bridgehead atoms. The highest BCUT2D eigenvalue weighted by Crippen LogP contribution is 2.37. The van der Waals surface area contributed by atoms with Crippen LogP contribution in [0.4, 0.5) is 21.5 Å². The van der Waals surface area contributed by atoms with Crippen molar-refractivity contribution in [3.8, 4) is 5.75 Å². The summed E-state index contributed by atoms with van der Waals surface area (Å²) in [5, 5.41) is 13.0. The Morgan fingerprint density at radius 1 is 0.971 bits per heavy atom. The number of anilines is 3. The van der Waals surface area contributed by atoms with Crippen LogP contribution in [-0.4, -0.2) is 24.0 Å². The topological polar surface area (TPSA) is 107 Å². The normalized spacial score (nSPS) is 14.5. The van der Waals surface area contributed by atoms with Crippen molar-refractivity contribution in [1.82, 2.24) is 0 Å². The maximum atomic E-state index is 13.3. The number of carbonyl (C=O) groups excluding carboxylic acids is 1. The molecule has 3 aromatic rings. The fourth-order valence-electron chi connectivity index (χ4n) is 4.46. The van der Waals surface area contributed by atoms with E-state index in [9.17, 15) is 27.3 Å². The van der Waals surface area contributed by atoms with Crippen molar-refractivity contribution >= 4 is 33.3 Å². The quantitative estimate of drug-likeness (QED) is 0.280. The highest BCUT2D eigenvalue weighted by Gasteiger charge is 2.25. The molecule has 0 unspecified atom stereocenters. The van der Waals surface area contributed by atoms with E-state index in [1.807, 2.05) is 12.1 Å². The molecule has 0 aromatic heterocycles. The molecule has 0 heterocycles. The first kappa shape index (κ1) is 24.7. The smallest absolute Gasteiger partial charge is 0.364 e. The number of nitrogens with one attached hydrogen (secondary N) is 1. The van der Waals surface area contributed by atoms with Gasteiger partial charge in [-0.25, -0.2) is 8.70 Å². The van der Waals surface area contributed by atoms with Crippen LogP contribution >= 0.6 is 0 Å². The largest absolute Gasteiger partial charge is 0.506 e. The first-order valence-electron chi connectivity index (χ1n) is 11.5. The molecule has 0 aliphatic heterocycles. The zero-order valence-electron chi connectivity index (χ0n) is 19.0. The Bertz CT molecular complexity index is 1290. The molecule has 0 spiro atoms. The van der Waals surface area contributed by atoms with E-state index in [4.69, 9.17) is 0 Å². The Kier molecular flexibility index (Phi) is 7.37. The lowest BCUT2D eigenvalue weighted by molar-refractivity contribution is 0.102. The molecule has 1 fully saturated rings. The van der Waals surface area contributed by atoms with Gasteiger partial charge in [0, 0.05) is 11.3 Å². The van der Waals surface area contributed by atoms with E-state index in [1.165, 1.54) is 55.9 Å². The first-order valence-corrected chi connectivity index (χ1v) is 12.9. The summed E-state index contributed by atoms with van der Waals surface area (Å²) in [5.74, 6) is -0.784. The van der Waals surface area contributed by atoms with Gasteiger partial charge >= 0.3 is 10.3 Å². The van der Waals surface area contributed by atoms with Gasteiger partial charge in [0.2, 0.25) is 0 Å². The summed E-state index contributed by atoms with van der Waals surface area (Å²) in [6, 6.07) is 15.5. The predicted octanol–water partition coefficient (Wildman–Crippen LogP) is 5.85. The fourth-order valence-corrected chi connectivity index (χ4v) is 5.24. The third-order valence-corrected chi connectivity index (χ3v) is 7.08. The van der Waals surface area contributed by atoms with Crippen LogP contribution < -0.4 is 9.62 Å². The number of hydrogen-bond donors (Lipinski definition) is 3. The molecule has 184 valence electrons. The molecule has 0 atom stereocenters. The number of phenolic OH excluding ortho intramolecular Hbond substituents is 1. The minimum atomic E-state index is -4.88. The summed E-state index contributed by atoms with van der Waals surface area (Å²) in [6.45, 7) is 0. The number of benzene rings is 3. The minimum absolute atomic E-state index is 0.0961. The van der Waals surface area contributed by atoms with Gasteiger partial charge in [-0.15, -0.1) is 0 Å². The summed E-state index contributed by atoms with van der Waals surface area (Å²) in [5.41, 5.74) is 1.41. The standard InChI is InChI=1S/C26H27FN2O5S/c27-21-10-13-23(14-11-21)29(35(32,33)34)24-17-22(12-15-25(24)30)28-26(31)20-8-6-19(7-9-20)16-18-4-2-1-3-5-18/h6-15,17-18,30H,1-5,16H2,(H,28,31)(H,32,33,34). The number of halogens is 1. The summed E-state index contributed by atoms with van der Waals surface area (Å²) in [7, 11) is -4.88. The minimum Gasteiger partial charge on any atom is -0.506 e. The van der Waals surface area contributed by atoms with Gasteiger partial charge in [-0.3, -0.25) is 9.35 Å². The van der Waals surface area contributed by atoms with Crippen LogP contribution in [0.15, 0.2) is 66.7 Å². The van der Waals surface area contributed by atoms with Gasteiger partial charge in [0.05, 0.1) is 5.69 Å². The van der Waals surface area contributed by atoms with Crippen molar-refractivity contribution in [3.63, 3.8) is 0 Å². The van der Waals surface area contributed by atoms with Crippen LogP contribution in [0.1, 0.15) is 48.0 Å². The molecule has 1 aliphatic rings. The molecular formula is C26H27FN2O5S. The average Bonchev–Trinajstić information content (AvgIpc) is 2.83. The predicted molar refractivity (Wildman–Crippen MR) is 133 cm³/mol. The van der Waals surface area contributed by atoms with Crippen LogP contribution in [0.5, 0.6) is 5.75 Å². The van der Waals surface area contributed by atoms with Crippen molar-refractivity contribution < 1.29 is 27.3 Å². The molecule has 1 amide bonds. The van der Waals surface area contributed by atoms with Gasteiger partial charge in [-0.1, -0.05) is 44.2 Å². The van der Waals surface area contributed by atoms with Gasteiger partial charge in [0.15, 0.2) is 0 Å². The average molecular weight is 499 g/mol. The summed E-state index contributed by atoms with van der Waals surface area (Å²) in [6.07, 6.45) is 7.33. The maximum absolute atomic E-state index is 13.3. The molecule has 1 aliphatic carbocycles. The Balaban J connectivity index is 1.53. The highest BCUT2D eigenvalue weighted by molar-refractivity contribution is 7.87. The zero-order valence-corrected chi connectivity index (χ0v) is 19.8. The van der Waals surface area contributed by atoms with Gasteiger partial charge in [-0.05, 0) is 72.5 Å². The van der Waals surface area contributed by atoms with Crippen molar-refractivity contribution in [2.24, 2.45) is 5.92 Å². The second-order valence-corrected chi connectivity index (χ2v) is 10.0. The highest BCUT2D eigenvalue weighted by atomic mass is 32.2. The lowest BCUT2D eigenvalue weighted by Crippen LogP contribution is -2.25. The van der Waals surface area contributed by atoms with E-state index in [0.29, 0.717) is 15.8 Å². The number of nitrogens with zero attached hydrogens (tertiary/aromatic N) is 1. The fraction of sp³-hybridized carbons (Fsp3) is 0.269. The molecule has 3 aromatic carbocycles. The molecule has 35 heavy (non-hydrogen) atoms.